The minimum absolute atomic E-state index is 0.163. The third kappa shape index (κ3) is 4.00. The number of methoxy groups -OCH3 is 1. The molecule has 0 aromatic heterocycles. The third-order valence-electron chi connectivity index (χ3n) is 2.33. The molecular weight excluding hydrogens is 226 g/mol. The van der Waals surface area contributed by atoms with Gasteiger partial charge in [0.15, 0.2) is 0 Å². The molecule has 4 heteroatoms. The molecule has 1 atom stereocenters. The quantitative estimate of drug-likeness (QED) is 0.806. The molecule has 0 radical (unpaired) electrons. The second-order valence-corrected chi connectivity index (χ2v) is 4.35. The van der Waals surface area contributed by atoms with Crippen LogP contribution in [0.1, 0.15) is 12.5 Å². The van der Waals surface area contributed by atoms with E-state index in [-0.39, 0.29) is 5.75 Å². The fourth-order valence-electron chi connectivity index (χ4n) is 1.50. The zero-order valence-electron chi connectivity index (χ0n) is 9.66. The van der Waals surface area contributed by atoms with Gasteiger partial charge in [0, 0.05) is 32.4 Å². The average Bonchev–Trinajstić information content (AvgIpc) is 2.25. The lowest BCUT2D eigenvalue weighted by Gasteiger charge is -2.12. The average molecular weight is 244 g/mol. The maximum atomic E-state index is 9.67. The first-order valence-corrected chi connectivity index (χ1v) is 5.69. The van der Waals surface area contributed by atoms with Gasteiger partial charge in [-0.2, -0.15) is 0 Å². The molecule has 0 spiro atoms. The molecule has 0 fully saturated rings. The number of nitrogens with one attached hydrogen (secondary N) is 1. The second-order valence-electron chi connectivity index (χ2n) is 3.94. The van der Waals surface area contributed by atoms with Gasteiger partial charge in [-0.05, 0) is 12.0 Å². The molecule has 0 heterocycles. The van der Waals surface area contributed by atoms with E-state index >= 15 is 0 Å². The van der Waals surface area contributed by atoms with E-state index in [0.717, 1.165) is 18.7 Å². The van der Waals surface area contributed by atoms with Crippen LogP contribution in [0.15, 0.2) is 18.2 Å². The van der Waals surface area contributed by atoms with Gasteiger partial charge in [0.25, 0.3) is 0 Å². The molecule has 16 heavy (non-hydrogen) atoms. The number of hydrogen-bond donors (Lipinski definition) is 2. The Morgan fingerprint density at radius 1 is 1.50 bits per heavy atom. The number of phenolic OH excluding ortho intramolecular Hbond substituents is 1. The van der Waals surface area contributed by atoms with Crippen LogP contribution in [0.4, 0.5) is 0 Å². The van der Waals surface area contributed by atoms with Crippen molar-refractivity contribution in [2.75, 3.05) is 20.3 Å². The number of benzene rings is 1. The van der Waals surface area contributed by atoms with Gasteiger partial charge in [0.1, 0.15) is 5.75 Å². The summed E-state index contributed by atoms with van der Waals surface area (Å²) >= 11 is 5.81. The van der Waals surface area contributed by atoms with Crippen molar-refractivity contribution >= 4 is 11.6 Å². The minimum atomic E-state index is 0.163. The largest absolute Gasteiger partial charge is 0.506 e. The van der Waals surface area contributed by atoms with Crippen molar-refractivity contribution in [2.24, 2.45) is 5.92 Å². The second kappa shape index (κ2) is 6.74. The summed E-state index contributed by atoms with van der Waals surface area (Å²) in [7, 11) is 1.69. The first-order valence-electron chi connectivity index (χ1n) is 5.31. The molecule has 1 aromatic rings. The fourth-order valence-corrected chi connectivity index (χ4v) is 1.69. The van der Waals surface area contributed by atoms with Gasteiger partial charge in [0.05, 0.1) is 5.02 Å². The molecule has 0 saturated heterocycles. The standard InChI is InChI=1S/C12H18ClNO2/c1-9(8-16-2)6-14-7-10-4-3-5-11(13)12(10)15/h3-5,9,14-15H,6-8H2,1-2H3. The summed E-state index contributed by atoms with van der Waals surface area (Å²) < 4.78 is 5.04. The highest BCUT2D eigenvalue weighted by Crippen LogP contribution is 2.26. The molecule has 0 saturated carbocycles. The highest BCUT2D eigenvalue weighted by Gasteiger charge is 2.05. The van der Waals surface area contributed by atoms with Crippen LogP contribution in [0.25, 0.3) is 0 Å². The van der Waals surface area contributed by atoms with Gasteiger partial charge in [-0.25, -0.2) is 0 Å². The van der Waals surface area contributed by atoms with Crippen LogP contribution in [-0.2, 0) is 11.3 Å². The highest BCUT2D eigenvalue weighted by atomic mass is 35.5. The molecule has 0 bridgehead atoms. The van der Waals surface area contributed by atoms with Gasteiger partial charge in [-0.3, -0.25) is 0 Å². The molecule has 1 rings (SSSR count). The van der Waals surface area contributed by atoms with E-state index in [9.17, 15) is 5.11 Å². The topological polar surface area (TPSA) is 41.5 Å². The molecule has 0 aliphatic rings. The van der Waals surface area contributed by atoms with Crippen molar-refractivity contribution in [1.29, 1.82) is 0 Å². The van der Waals surface area contributed by atoms with Crippen molar-refractivity contribution in [3.05, 3.63) is 28.8 Å². The summed E-state index contributed by atoms with van der Waals surface area (Å²) in [4.78, 5) is 0. The number of hydrogen-bond acceptors (Lipinski definition) is 3. The van der Waals surface area contributed by atoms with E-state index in [2.05, 4.69) is 12.2 Å². The van der Waals surface area contributed by atoms with Crippen molar-refractivity contribution < 1.29 is 9.84 Å². The Balaban J connectivity index is 2.40. The predicted molar refractivity (Wildman–Crippen MR) is 65.9 cm³/mol. The molecule has 3 nitrogen and oxygen atoms in total. The first-order chi connectivity index (χ1) is 7.65. The lowest BCUT2D eigenvalue weighted by atomic mass is 10.1. The number of aromatic hydroxyl groups is 1. The zero-order chi connectivity index (χ0) is 12.0. The van der Waals surface area contributed by atoms with Crippen LogP contribution in [0.3, 0.4) is 0 Å². The van der Waals surface area contributed by atoms with Crippen LogP contribution in [0.2, 0.25) is 5.02 Å². The molecule has 1 unspecified atom stereocenters. The summed E-state index contributed by atoms with van der Waals surface area (Å²) in [6.45, 7) is 4.29. The van der Waals surface area contributed by atoms with Crippen molar-refractivity contribution in [3.8, 4) is 5.75 Å². The fraction of sp³-hybridized carbons (Fsp3) is 0.500. The number of phenols is 1. The van der Waals surface area contributed by atoms with Gasteiger partial charge in [0.2, 0.25) is 0 Å². The van der Waals surface area contributed by atoms with E-state index in [0.29, 0.717) is 17.5 Å². The van der Waals surface area contributed by atoms with Crippen molar-refractivity contribution in [1.82, 2.24) is 5.32 Å². The van der Waals surface area contributed by atoms with E-state index in [1.807, 2.05) is 12.1 Å². The van der Waals surface area contributed by atoms with Crippen LogP contribution in [-0.4, -0.2) is 25.4 Å². The predicted octanol–water partition coefficient (Wildman–Crippen LogP) is 2.42. The molecule has 1 aromatic carbocycles. The summed E-state index contributed by atoms with van der Waals surface area (Å²) in [5.41, 5.74) is 0.817. The highest BCUT2D eigenvalue weighted by molar-refractivity contribution is 6.32. The zero-order valence-corrected chi connectivity index (χ0v) is 10.4. The van der Waals surface area contributed by atoms with E-state index in [1.54, 1.807) is 13.2 Å². The van der Waals surface area contributed by atoms with Crippen LogP contribution < -0.4 is 5.32 Å². The molecule has 0 aliphatic heterocycles. The molecule has 90 valence electrons. The Hall–Kier alpha value is -0.770. The summed E-state index contributed by atoms with van der Waals surface area (Å²) in [6.07, 6.45) is 0. The maximum absolute atomic E-state index is 9.67. The summed E-state index contributed by atoms with van der Waals surface area (Å²) in [5.74, 6) is 0.613. The Morgan fingerprint density at radius 3 is 2.94 bits per heavy atom. The van der Waals surface area contributed by atoms with E-state index < -0.39 is 0 Å². The first kappa shape index (κ1) is 13.3. The van der Waals surface area contributed by atoms with Gasteiger partial charge in [-0.1, -0.05) is 30.7 Å². The Morgan fingerprint density at radius 2 is 2.25 bits per heavy atom. The Bertz CT molecular complexity index is 331. The van der Waals surface area contributed by atoms with Crippen LogP contribution in [0, 0.1) is 5.92 Å². The number of rotatable bonds is 6. The Labute approximate surface area is 101 Å². The lowest BCUT2D eigenvalue weighted by molar-refractivity contribution is 0.158. The third-order valence-corrected chi connectivity index (χ3v) is 2.63. The van der Waals surface area contributed by atoms with Crippen LogP contribution >= 0.6 is 11.6 Å². The SMILES string of the molecule is COCC(C)CNCc1cccc(Cl)c1O. The van der Waals surface area contributed by atoms with Gasteiger partial charge < -0.3 is 15.2 Å². The van der Waals surface area contributed by atoms with Crippen LogP contribution in [0.5, 0.6) is 5.75 Å². The van der Waals surface area contributed by atoms with Gasteiger partial charge in [-0.15, -0.1) is 0 Å². The number of halogens is 1. The van der Waals surface area contributed by atoms with Crippen molar-refractivity contribution in [3.63, 3.8) is 0 Å². The lowest BCUT2D eigenvalue weighted by Crippen LogP contribution is -2.23. The summed E-state index contributed by atoms with van der Waals surface area (Å²) in [6, 6.07) is 5.36. The van der Waals surface area contributed by atoms with E-state index in [4.69, 9.17) is 16.3 Å². The molecular formula is C12H18ClNO2. The van der Waals surface area contributed by atoms with E-state index in [1.165, 1.54) is 0 Å². The minimum Gasteiger partial charge on any atom is -0.506 e. The number of ether oxygens (including phenoxy) is 1. The normalized spacial score (nSPS) is 12.7. The maximum Gasteiger partial charge on any atom is 0.138 e. The Kier molecular flexibility index (Phi) is 5.60. The summed E-state index contributed by atoms with van der Waals surface area (Å²) in [5, 5.41) is 13.3. The monoisotopic (exact) mass is 243 g/mol. The molecule has 0 amide bonds. The molecule has 0 aliphatic carbocycles. The van der Waals surface area contributed by atoms with Gasteiger partial charge >= 0.3 is 0 Å². The molecule has 2 N–H and O–H groups in total. The number of para-hydroxylation sites is 1. The smallest absolute Gasteiger partial charge is 0.138 e. The van der Waals surface area contributed by atoms with Crippen molar-refractivity contribution in [2.45, 2.75) is 13.5 Å².